The van der Waals surface area contributed by atoms with Gasteiger partial charge in [-0.3, -0.25) is 0 Å². The standard InChI is InChI=1S/C12H11F2N3O2/c1-18-10-3-2-7(4-8(10)13)6-19-12-16-5-9(14)11(15)17-12/h2-5H,6H2,1H3,(H2,15,16,17). The average Bonchev–Trinajstić information content (AvgIpc) is 2.40. The third-order valence-electron chi connectivity index (χ3n) is 2.33. The number of benzene rings is 1. The Morgan fingerprint density at radius 1 is 1.26 bits per heavy atom. The van der Waals surface area contributed by atoms with Crippen molar-refractivity contribution in [3.8, 4) is 11.8 Å². The maximum absolute atomic E-state index is 13.4. The van der Waals surface area contributed by atoms with Crippen molar-refractivity contribution in [2.45, 2.75) is 6.61 Å². The van der Waals surface area contributed by atoms with Gasteiger partial charge in [-0.2, -0.15) is 4.98 Å². The molecule has 1 heterocycles. The number of nitrogen functional groups attached to an aromatic ring is 1. The molecule has 5 nitrogen and oxygen atoms in total. The molecule has 0 aliphatic heterocycles. The van der Waals surface area contributed by atoms with Gasteiger partial charge in [-0.25, -0.2) is 13.8 Å². The number of nitrogens with two attached hydrogens (primary N) is 1. The molecular formula is C12H11F2N3O2. The number of methoxy groups -OCH3 is 1. The van der Waals surface area contributed by atoms with Crippen LogP contribution in [0, 0.1) is 11.6 Å². The molecule has 0 saturated carbocycles. The van der Waals surface area contributed by atoms with Crippen molar-refractivity contribution in [2.24, 2.45) is 0 Å². The summed E-state index contributed by atoms with van der Waals surface area (Å²) in [4.78, 5) is 7.20. The molecule has 0 fully saturated rings. The summed E-state index contributed by atoms with van der Waals surface area (Å²) >= 11 is 0. The lowest BCUT2D eigenvalue weighted by molar-refractivity contribution is 0.279. The van der Waals surface area contributed by atoms with Crippen molar-refractivity contribution >= 4 is 5.82 Å². The fourth-order valence-corrected chi connectivity index (χ4v) is 1.38. The van der Waals surface area contributed by atoms with Crippen molar-refractivity contribution in [3.05, 3.63) is 41.6 Å². The molecule has 0 amide bonds. The maximum atomic E-state index is 13.4. The molecule has 2 rings (SSSR count). The molecule has 1 aromatic carbocycles. The summed E-state index contributed by atoms with van der Waals surface area (Å²) in [5.74, 6) is -1.37. The summed E-state index contributed by atoms with van der Waals surface area (Å²) in [6.45, 7) is 0.0337. The van der Waals surface area contributed by atoms with Gasteiger partial charge >= 0.3 is 6.01 Å². The Bertz CT molecular complexity index is 593. The van der Waals surface area contributed by atoms with Crippen LogP contribution in [0.1, 0.15) is 5.56 Å². The molecule has 0 saturated heterocycles. The molecule has 0 unspecified atom stereocenters. The van der Waals surface area contributed by atoms with Gasteiger partial charge in [-0.05, 0) is 17.7 Å². The zero-order chi connectivity index (χ0) is 13.8. The van der Waals surface area contributed by atoms with Crippen molar-refractivity contribution in [2.75, 3.05) is 12.8 Å². The first-order valence-corrected chi connectivity index (χ1v) is 5.33. The van der Waals surface area contributed by atoms with Crippen LogP contribution in [-0.4, -0.2) is 17.1 Å². The summed E-state index contributed by atoms with van der Waals surface area (Å²) in [5, 5.41) is 0. The minimum Gasteiger partial charge on any atom is -0.494 e. The smallest absolute Gasteiger partial charge is 0.318 e. The van der Waals surface area contributed by atoms with Gasteiger partial charge in [-0.15, -0.1) is 0 Å². The second-order valence-corrected chi connectivity index (χ2v) is 3.64. The minimum atomic E-state index is -0.720. The topological polar surface area (TPSA) is 70.3 Å². The lowest BCUT2D eigenvalue weighted by Gasteiger charge is -2.07. The molecule has 7 heteroatoms. The van der Waals surface area contributed by atoms with E-state index in [1.54, 1.807) is 6.07 Å². The number of nitrogens with zero attached hydrogens (tertiary/aromatic N) is 2. The summed E-state index contributed by atoms with van der Waals surface area (Å²) < 4.78 is 36.2. The predicted molar refractivity (Wildman–Crippen MR) is 63.7 cm³/mol. The Morgan fingerprint density at radius 3 is 2.68 bits per heavy atom. The van der Waals surface area contributed by atoms with Crippen molar-refractivity contribution in [1.82, 2.24) is 9.97 Å². The van der Waals surface area contributed by atoms with Crippen LogP contribution in [0.25, 0.3) is 0 Å². The molecule has 2 N–H and O–H groups in total. The number of ether oxygens (including phenoxy) is 2. The Hall–Kier alpha value is -2.44. The van der Waals surface area contributed by atoms with Gasteiger partial charge in [0.05, 0.1) is 13.3 Å². The summed E-state index contributed by atoms with van der Waals surface area (Å²) in [6, 6.07) is 4.31. The van der Waals surface area contributed by atoms with E-state index in [9.17, 15) is 8.78 Å². The van der Waals surface area contributed by atoms with Gasteiger partial charge in [0, 0.05) is 0 Å². The fourth-order valence-electron chi connectivity index (χ4n) is 1.38. The van der Waals surface area contributed by atoms with Crippen molar-refractivity contribution in [1.29, 1.82) is 0 Å². The zero-order valence-corrected chi connectivity index (χ0v) is 10.1. The highest BCUT2D eigenvalue weighted by atomic mass is 19.1. The molecule has 0 atom stereocenters. The highest BCUT2D eigenvalue weighted by Crippen LogP contribution is 2.18. The molecular weight excluding hydrogens is 256 g/mol. The predicted octanol–water partition coefficient (Wildman–Crippen LogP) is 1.92. The van der Waals surface area contributed by atoms with E-state index in [-0.39, 0.29) is 24.2 Å². The zero-order valence-electron chi connectivity index (χ0n) is 10.1. The Balaban J connectivity index is 2.05. The van der Waals surface area contributed by atoms with Crippen LogP contribution in [0.5, 0.6) is 11.8 Å². The number of hydrogen-bond acceptors (Lipinski definition) is 5. The van der Waals surface area contributed by atoms with E-state index in [4.69, 9.17) is 15.2 Å². The first-order valence-electron chi connectivity index (χ1n) is 5.33. The van der Waals surface area contributed by atoms with E-state index in [0.717, 1.165) is 6.20 Å². The van der Waals surface area contributed by atoms with Gasteiger partial charge in [-0.1, -0.05) is 6.07 Å². The van der Waals surface area contributed by atoms with Crippen LogP contribution < -0.4 is 15.2 Å². The summed E-state index contributed by atoms with van der Waals surface area (Å²) in [5.41, 5.74) is 5.83. The second-order valence-electron chi connectivity index (χ2n) is 3.64. The quantitative estimate of drug-likeness (QED) is 0.916. The molecule has 0 radical (unpaired) electrons. The molecule has 0 bridgehead atoms. The Kier molecular flexibility index (Phi) is 3.74. The lowest BCUT2D eigenvalue weighted by atomic mass is 10.2. The van der Waals surface area contributed by atoms with Gasteiger partial charge in [0.2, 0.25) is 0 Å². The third kappa shape index (κ3) is 3.06. The number of halogens is 2. The number of aromatic nitrogens is 2. The number of anilines is 1. The highest BCUT2D eigenvalue weighted by molar-refractivity contribution is 5.30. The van der Waals surface area contributed by atoms with E-state index >= 15 is 0 Å². The number of rotatable bonds is 4. The van der Waals surface area contributed by atoms with E-state index in [1.807, 2.05) is 0 Å². The van der Waals surface area contributed by atoms with Crippen LogP contribution in [0.2, 0.25) is 0 Å². The number of hydrogen-bond donors (Lipinski definition) is 1. The Labute approximate surface area is 108 Å². The highest BCUT2D eigenvalue weighted by Gasteiger charge is 2.07. The average molecular weight is 267 g/mol. The van der Waals surface area contributed by atoms with Crippen LogP contribution >= 0.6 is 0 Å². The van der Waals surface area contributed by atoms with E-state index < -0.39 is 11.6 Å². The molecule has 2 aromatic rings. The van der Waals surface area contributed by atoms with Crippen LogP contribution in [-0.2, 0) is 6.61 Å². The molecule has 0 aliphatic rings. The van der Waals surface area contributed by atoms with Gasteiger partial charge in [0.25, 0.3) is 0 Å². The minimum absolute atomic E-state index is 0.0337. The molecule has 0 spiro atoms. The second kappa shape index (κ2) is 5.47. The lowest BCUT2D eigenvalue weighted by Crippen LogP contribution is -2.03. The van der Waals surface area contributed by atoms with Crippen molar-refractivity contribution in [3.63, 3.8) is 0 Å². The van der Waals surface area contributed by atoms with Gasteiger partial charge in [0.1, 0.15) is 6.61 Å². The van der Waals surface area contributed by atoms with Crippen LogP contribution in [0.4, 0.5) is 14.6 Å². The molecule has 19 heavy (non-hydrogen) atoms. The normalized spacial score (nSPS) is 10.3. The van der Waals surface area contributed by atoms with Crippen molar-refractivity contribution < 1.29 is 18.3 Å². The van der Waals surface area contributed by atoms with Crippen LogP contribution in [0.3, 0.4) is 0 Å². The van der Waals surface area contributed by atoms with E-state index in [0.29, 0.717) is 5.56 Å². The van der Waals surface area contributed by atoms with E-state index in [2.05, 4.69) is 9.97 Å². The molecule has 0 aliphatic carbocycles. The first kappa shape index (κ1) is 13.0. The van der Waals surface area contributed by atoms with Gasteiger partial charge in [0.15, 0.2) is 23.2 Å². The fraction of sp³-hybridized carbons (Fsp3) is 0.167. The maximum Gasteiger partial charge on any atom is 0.318 e. The van der Waals surface area contributed by atoms with Crippen LogP contribution in [0.15, 0.2) is 24.4 Å². The molecule has 100 valence electrons. The summed E-state index contributed by atoms with van der Waals surface area (Å²) in [7, 11) is 1.38. The van der Waals surface area contributed by atoms with Gasteiger partial charge < -0.3 is 15.2 Å². The summed E-state index contributed by atoms with van der Waals surface area (Å²) in [6.07, 6.45) is 0.909. The SMILES string of the molecule is COc1ccc(COc2ncc(F)c(N)n2)cc1F. The monoisotopic (exact) mass is 267 g/mol. The van der Waals surface area contributed by atoms with E-state index in [1.165, 1.54) is 19.2 Å². The Morgan fingerprint density at radius 2 is 2.05 bits per heavy atom. The largest absolute Gasteiger partial charge is 0.494 e. The molecule has 1 aromatic heterocycles. The third-order valence-corrected chi connectivity index (χ3v) is 2.33. The first-order chi connectivity index (χ1) is 9.10.